The van der Waals surface area contributed by atoms with Gasteiger partial charge in [0.25, 0.3) is 0 Å². The first-order valence-electron chi connectivity index (χ1n) is 6.77. The fraction of sp³-hybridized carbons (Fsp3) is 0.467. The Morgan fingerprint density at radius 2 is 2.29 bits per heavy atom. The number of aliphatic hydroxyl groups excluding tert-OH is 1. The Balaban J connectivity index is 2.52. The number of nitrogens with one attached hydrogen (secondary N) is 1. The molecule has 21 heavy (non-hydrogen) atoms. The van der Waals surface area contributed by atoms with Crippen molar-refractivity contribution in [1.82, 2.24) is 5.32 Å². The summed E-state index contributed by atoms with van der Waals surface area (Å²) in [5.74, 6) is 0.512. The normalized spacial score (nSPS) is 23.7. The van der Waals surface area contributed by atoms with Crippen molar-refractivity contribution in [2.24, 2.45) is 4.99 Å². The molecule has 0 aliphatic carbocycles. The van der Waals surface area contributed by atoms with E-state index >= 15 is 0 Å². The van der Waals surface area contributed by atoms with Gasteiger partial charge in [0.05, 0.1) is 0 Å². The Bertz CT molecular complexity index is 607. The van der Waals surface area contributed by atoms with Crippen LogP contribution >= 0.6 is 0 Å². The van der Waals surface area contributed by atoms with Crippen molar-refractivity contribution < 1.29 is 14.2 Å². The third-order valence-corrected chi connectivity index (χ3v) is 3.50. The van der Waals surface area contributed by atoms with E-state index in [1.54, 1.807) is 13.8 Å². The van der Waals surface area contributed by atoms with E-state index in [4.69, 9.17) is 10.00 Å². The molecule has 0 bridgehead atoms. The molecule has 2 N–H and O–H groups in total. The average molecular weight is 291 g/mol. The molecule has 1 aliphatic rings. The van der Waals surface area contributed by atoms with Gasteiger partial charge in [0, 0.05) is 12.0 Å². The van der Waals surface area contributed by atoms with Crippen molar-refractivity contribution in [1.29, 1.82) is 5.26 Å². The van der Waals surface area contributed by atoms with Gasteiger partial charge in [0.1, 0.15) is 35.1 Å². The van der Waals surface area contributed by atoms with Crippen LogP contribution in [0.25, 0.3) is 0 Å². The molecule has 0 saturated carbocycles. The molecule has 2 rings (SSSR count). The van der Waals surface area contributed by atoms with Gasteiger partial charge in [-0.3, -0.25) is 10.3 Å². The molecule has 1 aliphatic heterocycles. The van der Waals surface area contributed by atoms with Crippen molar-refractivity contribution in [2.45, 2.75) is 44.9 Å². The molecule has 0 fully saturated rings. The minimum atomic E-state index is -0.950. The summed E-state index contributed by atoms with van der Waals surface area (Å²) in [6.07, 6.45) is 1.36. The molecule has 0 amide bonds. The van der Waals surface area contributed by atoms with E-state index in [2.05, 4.69) is 10.3 Å². The van der Waals surface area contributed by atoms with E-state index in [9.17, 15) is 9.50 Å². The van der Waals surface area contributed by atoms with Gasteiger partial charge in [0.15, 0.2) is 6.19 Å². The number of nitriles is 1. The van der Waals surface area contributed by atoms with Crippen LogP contribution in [0.4, 0.5) is 4.39 Å². The van der Waals surface area contributed by atoms with Gasteiger partial charge in [0.2, 0.25) is 0 Å². The van der Waals surface area contributed by atoms with Crippen LogP contribution in [0, 0.1) is 17.3 Å². The second-order valence-corrected chi connectivity index (χ2v) is 5.44. The Morgan fingerprint density at radius 1 is 1.57 bits per heavy atom. The first-order valence-corrected chi connectivity index (χ1v) is 6.77. The largest absolute Gasteiger partial charge is 0.485 e. The Kier molecular flexibility index (Phi) is 4.14. The van der Waals surface area contributed by atoms with E-state index in [0.29, 0.717) is 23.6 Å². The second-order valence-electron chi connectivity index (χ2n) is 5.44. The Morgan fingerprint density at radius 3 is 2.90 bits per heavy atom. The van der Waals surface area contributed by atoms with Crippen LogP contribution in [-0.4, -0.2) is 22.6 Å². The quantitative estimate of drug-likeness (QED) is 0.379. The smallest absolute Gasteiger partial charge is 0.182 e. The highest BCUT2D eigenvalue weighted by Gasteiger charge is 2.43. The third kappa shape index (κ3) is 2.98. The van der Waals surface area contributed by atoms with Gasteiger partial charge in [-0.2, -0.15) is 5.26 Å². The first-order chi connectivity index (χ1) is 9.89. The molecule has 0 unspecified atom stereocenters. The monoisotopic (exact) mass is 291 g/mol. The van der Waals surface area contributed by atoms with Crippen molar-refractivity contribution in [2.75, 3.05) is 0 Å². The number of hydrogen-bond acceptors (Lipinski definition) is 4. The number of aliphatic imine (C=N–C) groups is 1. The maximum Gasteiger partial charge on any atom is 0.182 e. The zero-order chi connectivity index (χ0) is 15.6. The number of aliphatic hydroxyl groups is 1. The summed E-state index contributed by atoms with van der Waals surface area (Å²) in [6, 6.07) is 3.46. The number of amidine groups is 1. The highest BCUT2D eigenvalue weighted by molar-refractivity contribution is 5.83. The van der Waals surface area contributed by atoms with Crippen LogP contribution in [0.3, 0.4) is 0 Å². The molecule has 0 aromatic heterocycles. The number of nitrogens with zero attached hydrogens (tertiary/aromatic N) is 2. The summed E-state index contributed by atoms with van der Waals surface area (Å²) in [6.45, 7) is 5.33. The molecule has 0 saturated heterocycles. The fourth-order valence-corrected chi connectivity index (χ4v) is 2.32. The molecule has 1 aromatic rings. The Labute approximate surface area is 123 Å². The van der Waals surface area contributed by atoms with Crippen molar-refractivity contribution in [3.8, 4) is 11.9 Å². The average Bonchev–Trinajstić information content (AvgIpc) is 2.43. The third-order valence-electron chi connectivity index (χ3n) is 3.50. The predicted octanol–water partition coefficient (Wildman–Crippen LogP) is 2.28. The standard InChI is InChI=1S/C15H18FN3O2/c1-4-12(18-8-17)19-13-10-7-9(16)5-6-11(10)21-15(2,3)14(13)20/h5-7,13-14,20H,4H2,1-3H3,(H,18,19)/t13-,14+/m1/s1. The van der Waals surface area contributed by atoms with E-state index in [1.807, 2.05) is 13.1 Å². The number of rotatable bonds is 2. The van der Waals surface area contributed by atoms with Crippen LogP contribution in [0.5, 0.6) is 5.75 Å². The van der Waals surface area contributed by atoms with E-state index in [-0.39, 0.29) is 0 Å². The number of fused-ring (bicyclic) bond motifs is 1. The van der Waals surface area contributed by atoms with Crippen molar-refractivity contribution in [3.05, 3.63) is 29.6 Å². The van der Waals surface area contributed by atoms with Gasteiger partial charge in [-0.25, -0.2) is 4.39 Å². The SMILES string of the molecule is CCC(=N[C@@H]1c2cc(F)ccc2OC(C)(C)[C@H]1O)NC#N. The summed E-state index contributed by atoms with van der Waals surface area (Å²) in [5.41, 5.74) is -0.377. The van der Waals surface area contributed by atoms with Crippen LogP contribution in [0.2, 0.25) is 0 Å². The molecule has 2 atom stereocenters. The highest BCUT2D eigenvalue weighted by atomic mass is 19.1. The van der Waals surface area contributed by atoms with Gasteiger partial charge >= 0.3 is 0 Å². The van der Waals surface area contributed by atoms with E-state index in [0.717, 1.165) is 0 Å². The topological polar surface area (TPSA) is 77.6 Å². The maximum atomic E-state index is 13.5. The zero-order valence-corrected chi connectivity index (χ0v) is 12.2. The molecule has 112 valence electrons. The lowest BCUT2D eigenvalue weighted by Gasteiger charge is -2.40. The van der Waals surface area contributed by atoms with Gasteiger partial charge in [-0.1, -0.05) is 6.92 Å². The molecule has 1 heterocycles. The lowest BCUT2D eigenvalue weighted by molar-refractivity contribution is -0.0568. The Hall–Kier alpha value is -2.13. The minimum Gasteiger partial charge on any atom is -0.485 e. The van der Waals surface area contributed by atoms with Gasteiger partial charge < -0.3 is 9.84 Å². The van der Waals surface area contributed by atoms with Crippen LogP contribution < -0.4 is 10.1 Å². The van der Waals surface area contributed by atoms with Gasteiger partial charge in [-0.15, -0.1) is 0 Å². The van der Waals surface area contributed by atoms with E-state index in [1.165, 1.54) is 18.2 Å². The highest BCUT2D eigenvalue weighted by Crippen LogP contribution is 2.42. The minimum absolute atomic E-state index is 0.421. The number of benzene rings is 1. The second kappa shape index (κ2) is 5.70. The molecule has 0 spiro atoms. The molecule has 6 heteroatoms. The summed E-state index contributed by atoms with van der Waals surface area (Å²) < 4.78 is 19.2. The number of ether oxygens (including phenoxy) is 1. The molecule has 5 nitrogen and oxygen atoms in total. The first kappa shape index (κ1) is 15.3. The summed E-state index contributed by atoms with van der Waals surface area (Å²) in [7, 11) is 0. The number of hydrogen-bond donors (Lipinski definition) is 2. The van der Waals surface area contributed by atoms with Crippen molar-refractivity contribution in [3.63, 3.8) is 0 Å². The van der Waals surface area contributed by atoms with Crippen molar-refractivity contribution >= 4 is 5.84 Å². The zero-order valence-electron chi connectivity index (χ0n) is 12.2. The molecular formula is C15H18FN3O2. The summed E-state index contributed by atoms with van der Waals surface area (Å²) >= 11 is 0. The summed E-state index contributed by atoms with van der Waals surface area (Å²) in [5, 5.41) is 21.7. The lowest BCUT2D eigenvalue weighted by atomic mass is 9.87. The molecule has 0 radical (unpaired) electrons. The van der Waals surface area contributed by atoms with Gasteiger partial charge in [-0.05, 0) is 32.0 Å². The predicted molar refractivity (Wildman–Crippen MR) is 76.3 cm³/mol. The summed E-state index contributed by atoms with van der Waals surface area (Å²) in [4.78, 5) is 4.39. The molecule has 1 aromatic carbocycles. The van der Waals surface area contributed by atoms with Crippen LogP contribution in [-0.2, 0) is 0 Å². The van der Waals surface area contributed by atoms with E-state index < -0.39 is 23.6 Å². The molecular weight excluding hydrogens is 273 g/mol. The number of halogens is 1. The maximum absolute atomic E-state index is 13.5. The van der Waals surface area contributed by atoms with Crippen LogP contribution in [0.1, 0.15) is 38.8 Å². The van der Waals surface area contributed by atoms with Crippen LogP contribution in [0.15, 0.2) is 23.2 Å². The fourth-order valence-electron chi connectivity index (χ4n) is 2.32. The lowest BCUT2D eigenvalue weighted by Crippen LogP contribution is -2.48.